The Kier molecular flexibility index (Phi) is 6.87. The summed E-state index contributed by atoms with van der Waals surface area (Å²) in [6.07, 6.45) is 4.06. The lowest BCUT2D eigenvalue weighted by Gasteiger charge is -2.35. The van der Waals surface area contributed by atoms with Gasteiger partial charge in [-0.2, -0.15) is 4.31 Å². The predicted octanol–water partition coefficient (Wildman–Crippen LogP) is 4.91. The summed E-state index contributed by atoms with van der Waals surface area (Å²) in [5.41, 5.74) is 5.81. The number of rotatable bonds is 8. The van der Waals surface area contributed by atoms with E-state index in [4.69, 9.17) is 16.3 Å². The Morgan fingerprint density at radius 2 is 1.84 bits per heavy atom. The third-order valence-electron chi connectivity index (χ3n) is 6.97. The summed E-state index contributed by atoms with van der Waals surface area (Å²) in [7, 11) is -1.81. The monoisotopic (exact) mass is 476 g/mol. The third kappa shape index (κ3) is 4.30. The van der Waals surface area contributed by atoms with Crippen LogP contribution >= 0.6 is 11.6 Å². The van der Waals surface area contributed by atoms with Crippen molar-refractivity contribution in [3.63, 3.8) is 0 Å². The molecule has 5 nitrogen and oxygen atoms in total. The van der Waals surface area contributed by atoms with Crippen molar-refractivity contribution in [3.05, 3.63) is 57.1 Å². The van der Waals surface area contributed by atoms with Crippen molar-refractivity contribution in [3.8, 4) is 5.75 Å². The first-order chi connectivity index (χ1) is 15.3. The van der Waals surface area contributed by atoms with Gasteiger partial charge < -0.3 is 4.74 Å². The first-order valence-electron chi connectivity index (χ1n) is 11.5. The molecule has 2 aromatic carbocycles. The van der Waals surface area contributed by atoms with Crippen molar-refractivity contribution < 1.29 is 13.2 Å². The topological polar surface area (TPSA) is 49.9 Å². The van der Waals surface area contributed by atoms with Crippen LogP contribution < -0.4 is 4.74 Å². The lowest BCUT2D eigenvalue weighted by atomic mass is 9.93. The summed E-state index contributed by atoms with van der Waals surface area (Å²) in [6, 6.07) is 8.27. The van der Waals surface area contributed by atoms with Gasteiger partial charge in [0.05, 0.1) is 12.0 Å². The van der Waals surface area contributed by atoms with Gasteiger partial charge in [0.1, 0.15) is 5.75 Å². The largest absolute Gasteiger partial charge is 0.497 e. The summed E-state index contributed by atoms with van der Waals surface area (Å²) >= 11 is 6.18. The van der Waals surface area contributed by atoms with E-state index < -0.39 is 10.0 Å². The highest BCUT2D eigenvalue weighted by Gasteiger charge is 2.34. The Labute approximate surface area is 197 Å². The van der Waals surface area contributed by atoms with Crippen LogP contribution in [-0.4, -0.2) is 50.9 Å². The molecule has 1 heterocycles. The van der Waals surface area contributed by atoms with E-state index in [1.165, 1.54) is 16.7 Å². The van der Waals surface area contributed by atoms with Gasteiger partial charge in [0, 0.05) is 37.2 Å². The van der Waals surface area contributed by atoms with Gasteiger partial charge >= 0.3 is 0 Å². The fraction of sp³-hybridized carbons (Fsp3) is 0.520. The van der Waals surface area contributed by atoms with Crippen LogP contribution in [0.15, 0.2) is 29.2 Å². The van der Waals surface area contributed by atoms with Crippen molar-refractivity contribution in [1.82, 2.24) is 9.21 Å². The molecule has 0 amide bonds. The van der Waals surface area contributed by atoms with E-state index in [-0.39, 0.29) is 0 Å². The molecule has 32 heavy (non-hydrogen) atoms. The molecule has 0 saturated heterocycles. The van der Waals surface area contributed by atoms with E-state index in [9.17, 15) is 8.42 Å². The number of sulfonamides is 1. The average Bonchev–Trinajstić information content (AvgIpc) is 3.20. The van der Waals surface area contributed by atoms with Crippen LogP contribution in [-0.2, 0) is 22.9 Å². The second-order valence-electron chi connectivity index (χ2n) is 8.92. The molecule has 0 fully saturated rings. The maximum atomic E-state index is 13.3. The fourth-order valence-electron chi connectivity index (χ4n) is 5.27. The number of hydrogen-bond donors (Lipinski definition) is 0. The van der Waals surface area contributed by atoms with Gasteiger partial charge in [0.25, 0.3) is 0 Å². The molecule has 0 radical (unpaired) electrons. The number of halogens is 1. The van der Waals surface area contributed by atoms with Crippen LogP contribution in [0.5, 0.6) is 5.75 Å². The standard InChI is InChI=1S/C25H33ClN2O3S/c1-5-28(32(29,30)24-14-17(2)22(26)13-18(24)3)11-6-10-27-12-9-20-16-21(31-4)15-19-7-8-23(27)25(19)20/h13-16,23H,5-12H2,1-4H3. The summed E-state index contributed by atoms with van der Waals surface area (Å²) in [4.78, 5) is 2.91. The Hall–Kier alpha value is -1.60. The maximum Gasteiger partial charge on any atom is 0.243 e. The van der Waals surface area contributed by atoms with E-state index in [0.29, 0.717) is 34.6 Å². The molecule has 1 unspecified atom stereocenters. The fourth-order valence-corrected chi connectivity index (χ4v) is 7.26. The molecule has 1 aliphatic heterocycles. The molecule has 2 aromatic rings. The predicted molar refractivity (Wildman–Crippen MR) is 129 cm³/mol. The molecule has 0 bridgehead atoms. The van der Waals surface area contributed by atoms with Crippen molar-refractivity contribution in [2.24, 2.45) is 0 Å². The molecule has 1 atom stereocenters. The maximum absolute atomic E-state index is 13.3. The third-order valence-corrected chi connectivity index (χ3v) is 9.49. The quantitative estimate of drug-likeness (QED) is 0.543. The molecule has 174 valence electrons. The summed E-state index contributed by atoms with van der Waals surface area (Å²) in [5, 5.41) is 0.600. The number of hydrogen-bond acceptors (Lipinski definition) is 4. The summed E-state index contributed by atoms with van der Waals surface area (Å²) < 4.78 is 33.8. The van der Waals surface area contributed by atoms with Crippen LogP contribution in [0.2, 0.25) is 5.02 Å². The lowest BCUT2D eigenvalue weighted by Crippen LogP contribution is -2.38. The van der Waals surface area contributed by atoms with E-state index in [2.05, 4.69) is 17.0 Å². The van der Waals surface area contributed by atoms with Gasteiger partial charge in [-0.1, -0.05) is 18.5 Å². The summed E-state index contributed by atoms with van der Waals surface area (Å²) in [6.45, 7) is 8.45. The number of ether oxygens (including phenoxy) is 1. The van der Waals surface area contributed by atoms with E-state index in [1.807, 2.05) is 20.8 Å². The molecule has 0 saturated carbocycles. The highest BCUT2D eigenvalue weighted by Crippen LogP contribution is 2.43. The molecule has 0 N–H and O–H groups in total. The molecular weight excluding hydrogens is 444 g/mol. The van der Waals surface area contributed by atoms with E-state index in [0.717, 1.165) is 50.1 Å². The minimum absolute atomic E-state index is 0.363. The van der Waals surface area contributed by atoms with Gasteiger partial charge in [-0.3, -0.25) is 4.90 Å². The molecule has 0 aromatic heterocycles. The Bertz CT molecular complexity index is 1120. The second-order valence-corrected chi connectivity index (χ2v) is 11.2. The van der Waals surface area contributed by atoms with E-state index in [1.54, 1.807) is 23.5 Å². The summed E-state index contributed by atoms with van der Waals surface area (Å²) in [5.74, 6) is 0.962. The Morgan fingerprint density at radius 3 is 2.53 bits per heavy atom. The Morgan fingerprint density at radius 1 is 1.12 bits per heavy atom. The van der Waals surface area contributed by atoms with E-state index >= 15 is 0 Å². The van der Waals surface area contributed by atoms with Crippen LogP contribution in [0.1, 0.15) is 53.6 Å². The van der Waals surface area contributed by atoms with Gasteiger partial charge in [0.2, 0.25) is 10.0 Å². The van der Waals surface area contributed by atoms with Crippen molar-refractivity contribution in [1.29, 1.82) is 0 Å². The minimum atomic E-state index is -3.55. The van der Waals surface area contributed by atoms with Crippen molar-refractivity contribution >= 4 is 21.6 Å². The van der Waals surface area contributed by atoms with Crippen molar-refractivity contribution in [2.45, 2.75) is 57.4 Å². The van der Waals surface area contributed by atoms with Crippen molar-refractivity contribution in [2.75, 3.05) is 33.3 Å². The molecule has 4 rings (SSSR count). The normalized spacial score (nSPS) is 18.2. The Balaban J connectivity index is 1.44. The zero-order valence-electron chi connectivity index (χ0n) is 19.4. The highest BCUT2D eigenvalue weighted by atomic mass is 35.5. The molecule has 2 aliphatic rings. The number of methoxy groups -OCH3 is 1. The van der Waals surface area contributed by atoms with Crippen LogP contribution in [0, 0.1) is 13.8 Å². The number of benzene rings is 2. The highest BCUT2D eigenvalue weighted by molar-refractivity contribution is 7.89. The van der Waals surface area contributed by atoms with Gasteiger partial charge in [0.15, 0.2) is 0 Å². The SMILES string of the molecule is CCN(CCCN1CCc2cc(OC)cc3c2C1CC3)S(=O)(=O)c1cc(C)c(Cl)cc1C. The van der Waals surface area contributed by atoms with Gasteiger partial charge in [-0.25, -0.2) is 8.42 Å². The van der Waals surface area contributed by atoms with Crippen LogP contribution in [0.25, 0.3) is 0 Å². The molecule has 1 aliphatic carbocycles. The van der Waals surface area contributed by atoms with Gasteiger partial charge in [-0.05, 0) is 91.6 Å². The zero-order chi connectivity index (χ0) is 23.0. The first-order valence-corrected chi connectivity index (χ1v) is 13.3. The van der Waals surface area contributed by atoms with Crippen LogP contribution in [0.4, 0.5) is 0 Å². The van der Waals surface area contributed by atoms with Crippen LogP contribution in [0.3, 0.4) is 0 Å². The average molecular weight is 477 g/mol. The molecular formula is C25H33ClN2O3S. The number of aryl methyl sites for hydroxylation is 3. The molecule has 0 spiro atoms. The zero-order valence-corrected chi connectivity index (χ0v) is 21.0. The number of nitrogens with zero attached hydrogens (tertiary/aromatic N) is 2. The minimum Gasteiger partial charge on any atom is -0.497 e. The molecule has 7 heteroatoms. The van der Waals surface area contributed by atoms with Gasteiger partial charge in [-0.15, -0.1) is 0 Å². The first kappa shape index (κ1) is 23.6. The smallest absolute Gasteiger partial charge is 0.243 e. The second kappa shape index (κ2) is 9.34. The lowest BCUT2D eigenvalue weighted by molar-refractivity contribution is 0.179.